The van der Waals surface area contributed by atoms with Crippen molar-refractivity contribution in [3.8, 4) is 6.07 Å². The number of benzene rings is 1. The van der Waals surface area contributed by atoms with E-state index >= 15 is 0 Å². The maximum Gasteiger partial charge on any atom is 0.0635 e. The zero-order valence-electron chi connectivity index (χ0n) is 8.43. The standard InChI is InChI=1S/C11H12Br2N2/c1-8(15-6-2-5-14)10-4-3-9(12)7-11(10)13/h3-4,7-8,15H,2,6H2,1H3. The average Bonchev–Trinajstić information content (AvgIpc) is 2.17. The van der Waals surface area contributed by atoms with Crippen LogP contribution in [0.3, 0.4) is 0 Å². The minimum absolute atomic E-state index is 0.251. The minimum atomic E-state index is 0.251. The summed E-state index contributed by atoms with van der Waals surface area (Å²) in [7, 11) is 0. The van der Waals surface area contributed by atoms with Gasteiger partial charge in [0.2, 0.25) is 0 Å². The number of halogens is 2. The molecule has 0 aliphatic heterocycles. The first-order chi connectivity index (χ1) is 7.15. The lowest BCUT2D eigenvalue weighted by atomic mass is 10.1. The maximum absolute atomic E-state index is 8.44. The number of rotatable bonds is 4. The molecule has 1 aromatic carbocycles. The van der Waals surface area contributed by atoms with Gasteiger partial charge >= 0.3 is 0 Å². The molecule has 0 fully saturated rings. The van der Waals surface area contributed by atoms with Gasteiger partial charge < -0.3 is 5.32 Å². The second kappa shape index (κ2) is 6.26. The van der Waals surface area contributed by atoms with Crippen molar-refractivity contribution in [2.45, 2.75) is 19.4 Å². The molecule has 1 atom stereocenters. The third-order valence-electron chi connectivity index (χ3n) is 2.12. The van der Waals surface area contributed by atoms with Crippen molar-refractivity contribution in [2.24, 2.45) is 0 Å². The zero-order chi connectivity index (χ0) is 11.3. The molecule has 1 rings (SSSR count). The lowest BCUT2D eigenvalue weighted by Gasteiger charge is -2.15. The average molecular weight is 332 g/mol. The Morgan fingerprint density at radius 2 is 2.20 bits per heavy atom. The van der Waals surface area contributed by atoms with Gasteiger partial charge in [-0.05, 0) is 24.6 Å². The van der Waals surface area contributed by atoms with E-state index in [0.29, 0.717) is 6.42 Å². The predicted octanol–water partition coefficient (Wildman–Crippen LogP) is 3.78. The molecule has 0 radical (unpaired) electrons. The molecular weight excluding hydrogens is 320 g/mol. The van der Waals surface area contributed by atoms with Crippen LogP contribution in [0.4, 0.5) is 0 Å². The van der Waals surface area contributed by atoms with E-state index in [1.807, 2.05) is 12.1 Å². The highest BCUT2D eigenvalue weighted by Gasteiger charge is 2.08. The largest absolute Gasteiger partial charge is 0.309 e. The van der Waals surface area contributed by atoms with Gasteiger partial charge in [0, 0.05) is 28.0 Å². The molecule has 0 saturated heterocycles. The quantitative estimate of drug-likeness (QED) is 0.852. The van der Waals surface area contributed by atoms with Crippen molar-refractivity contribution in [2.75, 3.05) is 6.54 Å². The van der Waals surface area contributed by atoms with E-state index in [2.05, 4.69) is 56.2 Å². The van der Waals surface area contributed by atoms with Crippen molar-refractivity contribution in [1.29, 1.82) is 5.26 Å². The lowest BCUT2D eigenvalue weighted by molar-refractivity contribution is 0.581. The molecule has 80 valence electrons. The molecule has 0 aromatic heterocycles. The van der Waals surface area contributed by atoms with Crippen molar-refractivity contribution in [1.82, 2.24) is 5.32 Å². The Morgan fingerprint density at radius 1 is 1.47 bits per heavy atom. The Labute approximate surface area is 107 Å². The third-order valence-corrected chi connectivity index (χ3v) is 3.30. The van der Waals surface area contributed by atoms with Crippen LogP contribution in [0.1, 0.15) is 24.9 Å². The predicted molar refractivity (Wildman–Crippen MR) is 68.5 cm³/mol. The smallest absolute Gasteiger partial charge is 0.0635 e. The summed E-state index contributed by atoms with van der Waals surface area (Å²) < 4.78 is 2.14. The Hall–Kier alpha value is -0.370. The van der Waals surface area contributed by atoms with E-state index in [1.54, 1.807) is 0 Å². The van der Waals surface area contributed by atoms with E-state index in [9.17, 15) is 0 Å². The molecule has 1 unspecified atom stereocenters. The fraction of sp³-hybridized carbons (Fsp3) is 0.364. The van der Waals surface area contributed by atoms with Crippen LogP contribution in [-0.2, 0) is 0 Å². The zero-order valence-corrected chi connectivity index (χ0v) is 11.6. The Morgan fingerprint density at radius 3 is 2.80 bits per heavy atom. The summed E-state index contributed by atoms with van der Waals surface area (Å²) in [4.78, 5) is 0. The number of nitriles is 1. The molecule has 0 amide bonds. The van der Waals surface area contributed by atoms with Crippen molar-refractivity contribution in [3.05, 3.63) is 32.7 Å². The van der Waals surface area contributed by atoms with E-state index in [0.717, 1.165) is 15.5 Å². The highest BCUT2D eigenvalue weighted by Crippen LogP contribution is 2.26. The highest BCUT2D eigenvalue weighted by molar-refractivity contribution is 9.11. The number of hydrogen-bond donors (Lipinski definition) is 1. The molecule has 0 bridgehead atoms. The lowest BCUT2D eigenvalue weighted by Crippen LogP contribution is -2.19. The fourth-order valence-electron chi connectivity index (χ4n) is 1.31. The Balaban J connectivity index is 2.66. The minimum Gasteiger partial charge on any atom is -0.309 e. The van der Waals surface area contributed by atoms with Gasteiger partial charge in [-0.2, -0.15) is 5.26 Å². The van der Waals surface area contributed by atoms with Crippen molar-refractivity contribution < 1.29 is 0 Å². The molecule has 0 aliphatic rings. The van der Waals surface area contributed by atoms with Gasteiger partial charge in [-0.15, -0.1) is 0 Å². The van der Waals surface area contributed by atoms with Crippen LogP contribution >= 0.6 is 31.9 Å². The van der Waals surface area contributed by atoms with Gasteiger partial charge in [0.25, 0.3) is 0 Å². The molecular formula is C11H12Br2N2. The van der Waals surface area contributed by atoms with Gasteiger partial charge in [0.05, 0.1) is 6.07 Å². The van der Waals surface area contributed by atoms with Gasteiger partial charge in [0.1, 0.15) is 0 Å². The monoisotopic (exact) mass is 330 g/mol. The second-order valence-electron chi connectivity index (χ2n) is 3.25. The molecule has 0 aliphatic carbocycles. The van der Waals surface area contributed by atoms with E-state index in [4.69, 9.17) is 5.26 Å². The summed E-state index contributed by atoms with van der Waals surface area (Å²) in [6.45, 7) is 2.81. The number of hydrogen-bond acceptors (Lipinski definition) is 2. The topological polar surface area (TPSA) is 35.8 Å². The number of nitrogens with zero attached hydrogens (tertiary/aromatic N) is 1. The van der Waals surface area contributed by atoms with Crippen LogP contribution in [-0.4, -0.2) is 6.54 Å². The Bertz CT molecular complexity index is 371. The third kappa shape index (κ3) is 3.94. The van der Waals surface area contributed by atoms with Gasteiger partial charge in [-0.3, -0.25) is 0 Å². The number of nitrogens with one attached hydrogen (secondary N) is 1. The second-order valence-corrected chi connectivity index (χ2v) is 5.02. The van der Waals surface area contributed by atoms with Crippen LogP contribution in [0.5, 0.6) is 0 Å². The van der Waals surface area contributed by atoms with E-state index in [1.165, 1.54) is 5.56 Å². The Kier molecular flexibility index (Phi) is 5.30. The summed E-state index contributed by atoms with van der Waals surface area (Å²) in [5, 5.41) is 11.7. The molecule has 2 nitrogen and oxygen atoms in total. The molecule has 1 N–H and O–H groups in total. The van der Waals surface area contributed by atoms with Gasteiger partial charge in [-0.25, -0.2) is 0 Å². The summed E-state index contributed by atoms with van der Waals surface area (Å²) in [5.41, 5.74) is 1.20. The van der Waals surface area contributed by atoms with E-state index in [-0.39, 0.29) is 6.04 Å². The molecule has 0 spiro atoms. The van der Waals surface area contributed by atoms with Gasteiger partial charge in [-0.1, -0.05) is 37.9 Å². The highest BCUT2D eigenvalue weighted by atomic mass is 79.9. The molecule has 15 heavy (non-hydrogen) atoms. The molecule has 0 heterocycles. The van der Waals surface area contributed by atoms with Crippen molar-refractivity contribution in [3.63, 3.8) is 0 Å². The van der Waals surface area contributed by atoms with Crippen LogP contribution in [0, 0.1) is 11.3 Å². The summed E-state index contributed by atoms with van der Waals surface area (Å²) >= 11 is 6.94. The first-order valence-electron chi connectivity index (χ1n) is 4.70. The summed E-state index contributed by atoms with van der Waals surface area (Å²) in [6.07, 6.45) is 0.540. The van der Waals surface area contributed by atoms with Crippen LogP contribution in [0.25, 0.3) is 0 Å². The van der Waals surface area contributed by atoms with E-state index < -0.39 is 0 Å². The van der Waals surface area contributed by atoms with Crippen LogP contribution in [0.2, 0.25) is 0 Å². The first-order valence-corrected chi connectivity index (χ1v) is 6.29. The fourth-order valence-corrected chi connectivity index (χ4v) is 2.70. The van der Waals surface area contributed by atoms with Crippen LogP contribution < -0.4 is 5.32 Å². The van der Waals surface area contributed by atoms with Gasteiger partial charge in [0.15, 0.2) is 0 Å². The summed E-state index contributed by atoms with van der Waals surface area (Å²) in [6, 6.07) is 8.48. The SMILES string of the molecule is CC(NCCC#N)c1ccc(Br)cc1Br. The van der Waals surface area contributed by atoms with Crippen molar-refractivity contribution >= 4 is 31.9 Å². The molecule has 0 saturated carbocycles. The molecule has 4 heteroatoms. The van der Waals surface area contributed by atoms with Crippen LogP contribution in [0.15, 0.2) is 27.1 Å². The first kappa shape index (κ1) is 12.7. The summed E-state index contributed by atoms with van der Waals surface area (Å²) in [5.74, 6) is 0. The molecule has 1 aromatic rings. The maximum atomic E-state index is 8.44. The normalized spacial score (nSPS) is 12.1.